The first-order chi connectivity index (χ1) is 17.1. The summed E-state index contributed by atoms with van der Waals surface area (Å²) in [5.74, 6) is 0.154. The minimum absolute atomic E-state index is 0.154. The fourth-order valence-corrected chi connectivity index (χ4v) is 4.13. The highest BCUT2D eigenvalue weighted by molar-refractivity contribution is 5.65. The third-order valence-electron chi connectivity index (χ3n) is 5.92. The van der Waals surface area contributed by atoms with Gasteiger partial charge in [0.05, 0.1) is 6.54 Å². The molecule has 0 aliphatic carbocycles. The smallest absolute Gasteiger partial charge is 0.330 e. The first-order valence-corrected chi connectivity index (χ1v) is 11.6. The number of aromatic nitrogens is 2. The van der Waals surface area contributed by atoms with Crippen molar-refractivity contribution < 1.29 is 4.74 Å². The van der Waals surface area contributed by atoms with Crippen LogP contribution in [0.3, 0.4) is 0 Å². The summed E-state index contributed by atoms with van der Waals surface area (Å²) >= 11 is 0. The Morgan fingerprint density at radius 1 is 0.857 bits per heavy atom. The molecule has 4 aromatic rings. The quantitative estimate of drug-likeness (QED) is 0.343. The van der Waals surface area contributed by atoms with E-state index in [1.807, 2.05) is 53.4 Å². The maximum absolute atomic E-state index is 12.9. The monoisotopic (exact) mass is 470 g/mol. The van der Waals surface area contributed by atoms with Crippen LogP contribution in [0, 0.1) is 0 Å². The number of nitrogens with zero attached hydrogens (tertiary/aromatic N) is 2. The lowest BCUT2D eigenvalue weighted by atomic mass is 10.0. The minimum Gasteiger partial charge on any atom is -0.385 e. The van der Waals surface area contributed by atoms with Gasteiger partial charge >= 0.3 is 5.69 Å². The Balaban J connectivity index is 1.66. The lowest BCUT2D eigenvalue weighted by Crippen LogP contribution is -2.39. The lowest BCUT2D eigenvalue weighted by Gasteiger charge is -2.26. The highest BCUT2D eigenvalue weighted by Crippen LogP contribution is 2.23. The molecular weight excluding hydrogens is 440 g/mol. The number of rotatable bonds is 10. The largest absolute Gasteiger partial charge is 0.385 e. The number of nitrogens with one attached hydrogen (secondary N) is 1. The number of benzene rings is 3. The molecule has 0 aliphatic rings. The predicted octanol–water partition coefficient (Wildman–Crippen LogP) is 3.88. The van der Waals surface area contributed by atoms with Crippen molar-refractivity contribution in [2.45, 2.75) is 19.5 Å². The maximum Gasteiger partial charge on any atom is 0.330 e. The zero-order valence-electron chi connectivity index (χ0n) is 19.8. The molecule has 3 N–H and O–H groups in total. The van der Waals surface area contributed by atoms with E-state index in [4.69, 9.17) is 10.5 Å². The number of hydrogen-bond donors (Lipinski definition) is 2. The molecule has 0 aliphatic heterocycles. The Morgan fingerprint density at radius 2 is 1.49 bits per heavy atom. The van der Waals surface area contributed by atoms with Gasteiger partial charge in [-0.05, 0) is 28.7 Å². The molecule has 0 amide bonds. The van der Waals surface area contributed by atoms with E-state index >= 15 is 0 Å². The lowest BCUT2D eigenvalue weighted by molar-refractivity contribution is 0.196. The summed E-state index contributed by atoms with van der Waals surface area (Å²) < 4.78 is 6.64. The summed E-state index contributed by atoms with van der Waals surface area (Å²) in [4.78, 5) is 29.9. The number of aromatic amines is 1. The third-order valence-corrected chi connectivity index (χ3v) is 5.92. The summed E-state index contributed by atoms with van der Waals surface area (Å²) in [6.07, 6.45) is 0.704. The molecule has 0 unspecified atom stereocenters. The molecule has 0 spiro atoms. The van der Waals surface area contributed by atoms with Crippen LogP contribution in [0.4, 0.5) is 11.5 Å². The van der Waals surface area contributed by atoms with Gasteiger partial charge in [-0.15, -0.1) is 0 Å². The van der Waals surface area contributed by atoms with Crippen LogP contribution in [-0.2, 0) is 17.8 Å². The summed E-state index contributed by atoms with van der Waals surface area (Å²) in [6, 6.07) is 28.0. The van der Waals surface area contributed by atoms with Gasteiger partial charge in [0.2, 0.25) is 0 Å². The van der Waals surface area contributed by atoms with Gasteiger partial charge in [0.1, 0.15) is 11.5 Å². The van der Waals surface area contributed by atoms with Gasteiger partial charge in [0, 0.05) is 26.8 Å². The average Bonchev–Trinajstić information content (AvgIpc) is 2.88. The van der Waals surface area contributed by atoms with E-state index in [2.05, 4.69) is 41.4 Å². The third kappa shape index (κ3) is 5.88. The minimum atomic E-state index is -0.524. The molecule has 35 heavy (non-hydrogen) atoms. The van der Waals surface area contributed by atoms with Crippen LogP contribution in [0.15, 0.2) is 94.5 Å². The van der Waals surface area contributed by atoms with Gasteiger partial charge in [-0.2, -0.15) is 0 Å². The molecule has 7 nitrogen and oxygen atoms in total. The Kier molecular flexibility index (Phi) is 7.80. The van der Waals surface area contributed by atoms with Crippen molar-refractivity contribution in [1.82, 2.24) is 9.55 Å². The highest BCUT2D eigenvalue weighted by atomic mass is 16.5. The van der Waals surface area contributed by atoms with Crippen molar-refractivity contribution in [3.63, 3.8) is 0 Å². The summed E-state index contributed by atoms with van der Waals surface area (Å²) in [6.45, 7) is 1.83. The van der Waals surface area contributed by atoms with E-state index in [1.54, 1.807) is 7.11 Å². The van der Waals surface area contributed by atoms with Crippen LogP contribution >= 0.6 is 0 Å². The molecule has 180 valence electrons. The summed E-state index contributed by atoms with van der Waals surface area (Å²) in [7, 11) is 1.65. The van der Waals surface area contributed by atoms with Crippen molar-refractivity contribution in [3.8, 4) is 11.1 Å². The van der Waals surface area contributed by atoms with E-state index in [0.717, 1.165) is 22.3 Å². The Labute approximate surface area is 204 Å². The first-order valence-electron chi connectivity index (χ1n) is 11.6. The van der Waals surface area contributed by atoms with Crippen LogP contribution in [-0.4, -0.2) is 29.8 Å². The molecule has 0 bridgehead atoms. The van der Waals surface area contributed by atoms with E-state index < -0.39 is 11.2 Å². The Hall–Kier alpha value is -4.10. The summed E-state index contributed by atoms with van der Waals surface area (Å²) in [5, 5.41) is 0. The van der Waals surface area contributed by atoms with Gasteiger partial charge in [0.15, 0.2) is 0 Å². The zero-order chi connectivity index (χ0) is 24.6. The Bertz CT molecular complexity index is 1350. The fraction of sp³-hybridized carbons (Fsp3) is 0.214. The second-order valence-electron chi connectivity index (χ2n) is 8.40. The molecule has 0 atom stereocenters. The SMILES string of the molecule is COCCCN(Cc1ccc(-c2ccccc2)cc1)c1c(N)n(Cc2ccccc2)c(=O)[nH]c1=O. The van der Waals surface area contributed by atoms with Crippen molar-refractivity contribution in [2.75, 3.05) is 30.9 Å². The number of methoxy groups -OCH3 is 1. The Morgan fingerprint density at radius 3 is 2.14 bits per heavy atom. The topological polar surface area (TPSA) is 93.3 Å². The summed E-state index contributed by atoms with van der Waals surface area (Å²) in [5.41, 5.74) is 9.95. The van der Waals surface area contributed by atoms with Crippen molar-refractivity contribution in [1.29, 1.82) is 0 Å². The van der Waals surface area contributed by atoms with Crippen LogP contribution in [0.1, 0.15) is 17.5 Å². The van der Waals surface area contributed by atoms with E-state index in [0.29, 0.717) is 31.8 Å². The number of nitrogens with two attached hydrogens (primary N) is 1. The van der Waals surface area contributed by atoms with Crippen LogP contribution in [0.25, 0.3) is 11.1 Å². The van der Waals surface area contributed by atoms with E-state index in [1.165, 1.54) is 4.57 Å². The number of anilines is 2. The zero-order valence-corrected chi connectivity index (χ0v) is 19.8. The molecule has 7 heteroatoms. The first kappa shape index (κ1) is 24.0. The van der Waals surface area contributed by atoms with Crippen molar-refractivity contribution >= 4 is 11.5 Å². The van der Waals surface area contributed by atoms with Gasteiger partial charge in [0.25, 0.3) is 5.56 Å². The molecule has 0 fully saturated rings. The second-order valence-corrected chi connectivity index (χ2v) is 8.40. The van der Waals surface area contributed by atoms with Crippen molar-refractivity contribution in [3.05, 3.63) is 117 Å². The molecule has 0 saturated heterocycles. The molecule has 4 rings (SSSR count). The van der Waals surface area contributed by atoms with Gasteiger partial charge in [-0.3, -0.25) is 14.3 Å². The molecular formula is C28H30N4O3. The molecule has 1 heterocycles. The number of hydrogen-bond acceptors (Lipinski definition) is 5. The van der Waals surface area contributed by atoms with Gasteiger partial charge in [-0.1, -0.05) is 84.9 Å². The molecule has 1 aromatic heterocycles. The number of H-pyrrole nitrogens is 1. The molecule has 0 saturated carbocycles. The van der Waals surface area contributed by atoms with Gasteiger partial charge in [-0.25, -0.2) is 4.79 Å². The van der Waals surface area contributed by atoms with E-state index in [9.17, 15) is 9.59 Å². The average molecular weight is 471 g/mol. The van der Waals surface area contributed by atoms with Crippen LogP contribution < -0.4 is 21.9 Å². The highest BCUT2D eigenvalue weighted by Gasteiger charge is 2.19. The number of ether oxygens (including phenoxy) is 1. The number of nitrogen functional groups attached to an aromatic ring is 1. The standard InChI is InChI=1S/C28H30N4O3/c1-35-18-8-17-31(19-22-13-15-24(16-14-22)23-11-6-3-7-12-23)25-26(29)32(28(34)30-27(25)33)20-21-9-4-2-5-10-21/h2-7,9-16H,8,17-20,29H2,1H3,(H,30,33,34). The normalized spacial score (nSPS) is 10.9. The van der Waals surface area contributed by atoms with Crippen LogP contribution in [0.2, 0.25) is 0 Å². The van der Waals surface area contributed by atoms with Gasteiger partial charge < -0.3 is 15.4 Å². The van der Waals surface area contributed by atoms with Crippen LogP contribution in [0.5, 0.6) is 0 Å². The molecule has 0 radical (unpaired) electrons. The van der Waals surface area contributed by atoms with E-state index in [-0.39, 0.29) is 12.4 Å². The predicted molar refractivity (Wildman–Crippen MR) is 141 cm³/mol. The second kappa shape index (κ2) is 11.4. The maximum atomic E-state index is 12.9. The van der Waals surface area contributed by atoms with Crippen molar-refractivity contribution in [2.24, 2.45) is 0 Å². The molecule has 3 aromatic carbocycles. The fourth-order valence-electron chi connectivity index (χ4n) is 4.13.